The number of fused-ring (bicyclic) bond motifs is 1. The first-order valence-electron chi connectivity index (χ1n) is 10.5. The number of thiocarbonyl (C=S) groups is 1. The minimum absolute atomic E-state index is 0.0636. The Hall–Kier alpha value is -2.60. The molecule has 2 N–H and O–H groups in total. The molecule has 0 bridgehead atoms. The number of anilines is 2. The maximum atomic E-state index is 12.2. The van der Waals surface area contributed by atoms with Crippen molar-refractivity contribution in [2.75, 3.05) is 16.8 Å². The largest absolute Gasteiger partial charge is 0.487 e. The number of nitrogens with one attached hydrogen (secondary N) is 2. The standard InChI is InChI=1S/C24H29N3O2S/c1-15-7-10-21-18(12-15)19(14-24(3,4)29-21)26-23(30)25-17-9-8-16(2)20(13-17)27-11-5-6-22(27)28/h7-10,12-13,19H,5-6,11,14H2,1-4H3,(H2,25,26,30)/t19-/m0/s1. The zero-order valence-corrected chi connectivity index (χ0v) is 18.9. The smallest absolute Gasteiger partial charge is 0.227 e. The molecule has 2 aromatic carbocycles. The second-order valence-electron chi connectivity index (χ2n) is 8.91. The van der Waals surface area contributed by atoms with Gasteiger partial charge in [-0.1, -0.05) is 23.8 Å². The number of carbonyl (C=O) groups excluding carboxylic acids is 1. The van der Waals surface area contributed by atoms with E-state index in [1.54, 1.807) is 0 Å². The zero-order chi connectivity index (χ0) is 21.5. The second-order valence-corrected chi connectivity index (χ2v) is 9.32. The van der Waals surface area contributed by atoms with Gasteiger partial charge in [0.05, 0.1) is 6.04 Å². The molecule has 0 aromatic heterocycles. The van der Waals surface area contributed by atoms with Crippen LogP contribution in [-0.4, -0.2) is 23.2 Å². The van der Waals surface area contributed by atoms with Crippen LogP contribution < -0.4 is 20.3 Å². The lowest BCUT2D eigenvalue weighted by Gasteiger charge is -2.38. The lowest BCUT2D eigenvalue weighted by Crippen LogP contribution is -2.42. The van der Waals surface area contributed by atoms with Gasteiger partial charge in [-0.25, -0.2) is 0 Å². The molecule has 6 heteroatoms. The van der Waals surface area contributed by atoms with E-state index in [0.717, 1.165) is 47.6 Å². The molecular weight excluding hydrogens is 394 g/mol. The first-order chi connectivity index (χ1) is 14.2. The molecule has 0 spiro atoms. The summed E-state index contributed by atoms with van der Waals surface area (Å²) < 4.78 is 6.16. The normalized spacial score (nSPS) is 19.8. The van der Waals surface area contributed by atoms with Crippen LogP contribution in [0.25, 0.3) is 0 Å². The molecule has 158 valence electrons. The number of benzene rings is 2. The third-order valence-electron chi connectivity index (χ3n) is 5.76. The maximum Gasteiger partial charge on any atom is 0.227 e. The highest BCUT2D eigenvalue weighted by Crippen LogP contribution is 2.40. The van der Waals surface area contributed by atoms with E-state index in [4.69, 9.17) is 17.0 Å². The molecule has 30 heavy (non-hydrogen) atoms. The minimum atomic E-state index is -0.275. The summed E-state index contributed by atoms with van der Waals surface area (Å²) in [4.78, 5) is 14.1. The predicted octanol–water partition coefficient (Wildman–Crippen LogP) is 5.02. The number of rotatable bonds is 3. The van der Waals surface area contributed by atoms with Gasteiger partial charge in [-0.15, -0.1) is 0 Å². The molecular formula is C24H29N3O2S. The van der Waals surface area contributed by atoms with E-state index in [9.17, 15) is 4.79 Å². The van der Waals surface area contributed by atoms with Gasteiger partial charge in [0.2, 0.25) is 5.91 Å². The molecule has 2 aliphatic heterocycles. The first kappa shape index (κ1) is 20.7. The van der Waals surface area contributed by atoms with Gasteiger partial charge in [-0.2, -0.15) is 0 Å². The number of carbonyl (C=O) groups is 1. The molecule has 0 radical (unpaired) electrons. The van der Waals surface area contributed by atoms with E-state index in [1.807, 2.05) is 36.1 Å². The van der Waals surface area contributed by atoms with Crippen LogP contribution >= 0.6 is 12.2 Å². The van der Waals surface area contributed by atoms with Gasteiger partial charge < -0.3 is 20.3 Å². The molecule has 0 unspecified atom stereocenters. The minimum Gasteiger partial charge on any atom is -0.487 e. The quantitative estimate of drug-likeness (QED) is 0.679. The third-order valence-corrected chi connectivity index (χ3v) is 5.98. The molecule has 1 fully saturated rings. The number of ether oxygens (including phenoxy) is 1. The Morgan fingerprint density at radius 2 is 2.00 bits per heavy atom. The molecule has 4 rings (SSSR count). The highest BCUT2D eigenvalue weighted by atomic mass is 32.1. The summed E-state index contributed by atoms with van der Waals surface area (Å²) in [6, 6.07) is 12.4. The predicted molar refractivity (Wildman–Crippen MR) is 125 cm³/mol. The molecule has 0 saturated carbocycles. The second kappa shape index (κ2) is 7.91. The van der Waals surface area contributed by atoms with E-state index in [1.165, 1.54) is 5.56 Å². The average Bonchev–Trinajstić information content (AvgIpc) is 3.09. The monoisotopic (exact) mass is 423 g/mol. The van der Waals surface area contributed by atoms with Crippen LogP contribution in [0.15, 0.2) is 36.4 Å². The maximum absolute atomic E-state index is 12.2. The molecule has 0 aliphatic carbocycles. The van der Waals surface area contributed by atoms with Crippen LogP contribution in [-0.2, 0) is 4.79 Å². The molecule has 1 atom stereocenters. The van der Waals surface area contributed by atoms with Gasteiger partial charge in [-0.3, -0.25) is 4.79 Å². The van der Waals surface area contributed by atoms with E-state index >= 15 is 0 Å². The highest BCUT2D eigenvalue weighted by molar-refractivity contribution is 7.80. The summed E-state index contributed by atoms with van der Waals surface area (Å²) in [6.45, 7) is 9.09. The van der Waals surface area contributed by atoms with Gasteiger partial charge in [0, 0.05) is 36.3 Å². The van der Waals surface area contributed by atoms with Crippen molar-refractivity contribution in [3.63, 3.8) is 0 Å². The van der Waals surface area contributed by atoms with E-state index < -0.39 is 0 Å². The molecule has 1 amide bonds. The number of amides is 1. The average molecular weight is 424 g/mol. The zero-order valence-electron chi connectivity index (χ0n) is 18.0. The van der Waals surface area contributed by atoms with Crippen LogP contribution in [0.3, 0.4) is 0 Å². The Morgan fingerprint density at radius 3 is 2.73 bits per heavy atom. The van der Waals surface area contributed by atoms with Crippen LogP contribution in [0.5, 0.6) is 5.75 Å². The Bertz CT molecular complexity index is 1000. The number of nitrogens with zero attached hydrogens (tertiary/aromatic N) is 1. The van der Waals surface area contributed by atoms with Gasteiger partial charge in [0.15, 0.2) is 5.11 Å². The summed E-state index contributed by atoms with van der Waals surface area (Å²) in [5, 5.41) is 7.35. The van der Waals surface area contributed by atoms with Crippen molar-refractivity contribution in [1.29, 1.82) is 0 Å². The number of hydrogen-bond acceptors (Lipinski definition) is 3. The Labute approximate surface area is 183 Å². The molecule has 1 saturated heterocycles. The first-order valence-corrected chi connectivity index (χ1v) is 10.9. The summed E-state index contributed by atoms with van der Waals surface area (Å²) in [7, 11) is 0. The highest BCUT2D eigenvalue weighted by Gasteiger charge is 2.34. The third kappa shape index (κ3) is 4.29. The van der Waals surface area contributed by atoms with Gasteiger partial charge in [0.25, 0.3) is 0 Å². The molecule has 2 heterocycles. The summed E-state index contributed by atoms with van der Waals surface area (Å²) in [5.74, 6) is 1.09. The Kier molecular flexibility index (Phi) is 5.45. The van der Waals surface area contributed by atoms with Gasteiger partial charge in [-0.05, 0) is 70.1 Å². The summed E-state index contributed by atoms with van der Waals surface area (Å²) >= 11 is 5.64. The summed E-state index contributed by atoms with van der Waals surface area (Å²) in [5.41, 5.74) is 4.97. The SMILES string of the molecule is Cc1ccc2c(c1)[C@@H](NC(=S)Nc1ccc(C)c(N3CCCC3=O)c1)CC(C)(C)O2. The molecule has 2 aromatic rings. The number of aryl methyl sites for hydroxylation is 2. The topological polar surface area (TPSA) is 53.6 Å². The van der Waals surface area contributed by atoms with Crippen LogP contribution in [0, 0.1) is 13.8 Å². The van der Waals surface area contributed by atoms with Crippen molar-refractivity contribution in [2.24, 2.45) is 0 Å². The van der Waals surface area contributed by atoms with Crippen LogP contribution in [0.1, 0.15) is 55.8 Å². The Morgan fingerprint density at radius 1 is 1.20 bits per heavy atom. The fourth-order valence-electron chi connectivity index (χ4n) is 4.31. The van der Waals surface area contributed by atoms with Crippen molar-refractivity contribution >= 4 is 34.6 Å². The van der Waals surface area contributed by atoms with Crippen molar-refractivity contribution < 1.29 is 9.53 Å². The lowest BCUT2D eigenvalue weighted by atomic mass is 9.89. The van der Waals surface area contributed by atoms with Gasteiger partial charge in [0.1, 0.15) is 11.4 Å². The molecule has 2 aliphatic rings. The van der Waals surface area contributed by atoms with Gasteiger partial charge >= 0.3 is 0 Å². The van der Waals surface area contributed by atoms with Crippen molar-refractivity contribution in [1.82, 2.24) is 5.32 Å². The fourth-order valence-corrected chi connectivity index (χ4v) is 4.57. The lowest BCUT2D eigenvalue weighted by molar-refractivity contribution is -0.117. The van der Waals surface area contributed by atoms with E-state index in [2.05, 4.69) is 43.5 Å². The Balaban J connectivity index is 1.52. The van der Waals surface area contributed by atoms with Crippen LogP contribution in [0.4, 0.5) is 11.4 Å². The number of hydrogen-bond donors (Lipinski definition) is 2. The van der Waals surface area contributed by atoms with Crippen molar-refractivity contribution in [3.8, 4) is 5.75 Å². The van der Waals surface area contributed by atoms with E-state index in [-0.39, 0.29) is 17.6 Å². The molecule has 5 nitrogen and oxygen atoms in total. The summed E-state index contributed by atoms with van der Waals surface area (Å²) in [6.07, 6.45) is 2.34. The van der Waals surface area contributed by atoms with Crippen LogP contribution in [0.2, 0.25) is 0 Å². The fraction of sp³-hybridized carbons (Fsp3) is 0.417. The van der Waals surface area contributed by atoms with Crippen molar-refractivity contribution in [3.05, 3.63) is 53.1 Å². The van der Waals surface area contributed by atoms with E-state index in [0.29, 0.717) is 11.5 Å². The van der Waals surface area contributed by atoms with Crippen molar-refractivity contribution in [2.45, 2.75) is 58.6 Å².